The largest absolute Gasteiger partial charge is 0.0654 e. The maximum absolute atomic E-state index is 2.32. The monoisotopic (exact) mass is 176 g/mol. The van der Waals surface area contributed by atoms with E-state index in [1.165, 1.54) is 30.4 Å². The maximum atomic E-state index is 2.32. The van der Waals surface area contributed by atoms with E-state index >= 15 is 0 Å². The summed E-state index contributed by atoms with van der Waals surface area (Å²) in [5.41, 5.74) is 2.87. The van der Waals surface area contributed by atoms with Crippen molar-refractivity contribution in [3.05, 3.63) is 35.4 Å². The van der Waals surface area contributed by atoms with Crippen molar-refractivity contribution in [3.8, 4) is 0 Å². The van der Waals surface area contributed by atoms with E-state index in [9.17, 15) is 0 Å². The molecule has 13 heavy (non-hydrogen) atoms. The fraction of sp³-hybridized carbons (Fsp3) is 0.538. The summed E-state index contributed by atoms with van der Waals surface area (Å²) in [6, 6.07) is 8.87. The Morgan fingerprint density at radius 2 is 2.08 bits per heavy atom. The lowest BCUT2D eigenvalue weighted by Crippen LogP contribution is -1.93. The molecule has 0 aliphatic carbocycles. The molecule has 0 heteroatoms. The summed E-state index contributed by atoms with van der Waals surface area (Å²) in [4.78, 5) is 0. The topological polar surface area (TPSA) is 0 Å². The van der Waals surface area contributed by atoms with Gasteiger partial charge < -0.3 is 0 Å². The second-order valence-electron chi connectivity index (χ2n) is 3.96. The Morgan fingerprint density at radius 1 is 1.31 bits per heavy atom. The molecule has 0 heterocycles. The van der Waals surface area contributed by atoms with Crippen molar-refractivity contribution in [2.75, 3.05) is 0 Å². The van der Waals surface area contributed by atoms with Crippen molar-refractivity contribution in [1.82, 2.24) is 0 Å². The molecule has 0 saturated carbocycles. The van der Waals surface area contributed by atoms with Gasteiger partial charge in [-0.15, -0.1) is 0 Å². The second kappa shape index (κ2) is 5.06. The van der Waals surface area contributed by atoms with E-state index in [0.717, 1.165) is 5.92 Å². The number of unbranched alkanes of at least 4 members (excludes halogenated alkanes) is 1. The van der Waals surface area contributed by atoms with E-state index < -0.39 is 0 Å². The molecule has 0 saturated heterocycles. The summed E-state index contributed by atoms with van der Waals surface area (Å²) in [6.07, 6.45) is 3.96. The van der Waals surface area contributed by atoms with Crippen molar-refractivity contribution < 1.29 is 0 Å². The minimum absolute atomic E-state index is 0.722. The Hall–Kier alpha value is -0.780. The smallest absolute Gasteiger partial charge is 0.0190 e. The van der Waals surface area contributed by atoms with Crippen LogP contribution in [-0.2, 0) is 0 Å². The van der Waals surface area contributed by atoms with Crippen LogP contribution in [0.5, 0.6) is 0 Å². The Kier molecular flexibility index (Phi) is 4.01. The average molecular weight is 176 g/mol. The number of aryl methyl sites for hydroxylation is 1. The molecule has 0 bridgehead atoms. The molecule has 0 aliphatic heterocycles. The van der Waals surface area contributed by atoms with Crippen LogP contribution in [0.3, 0.4) is 0 Å². The van der Waals surface area contributed by atoms with Crippen LogP contribution < -0.4 is 0 Å². The molecule has 1 rings (SSSR count). The molecular formula is C13H20. The molecule has 0 nitrogen and oxygen atoms in total. The molecule has 1 aromatic rings. The van der Waals surface area contributed by atoms with Crippen molar-refractivity contribution in [2.24, 2.45) is 0 Å². The van der Waals surface area contributed by atoms with Gasteiger partial charge in [-0.2, -0.15) is 0 Å². The summed E-state index contributed by atoms with van der Waals surface area (Å²) in [6.45, 7) is 6.74. The first-order valence-corrected chi connectivity index (χ1v) is 5.30. The minimum Gasteiger partial charge on any atom is -0.0654 e. The van der Waals surface area contributed by atoms with E-state index in [-0.39, 0.29) is 0 Å². The predicted octanol–water partition coefficient (Wildman–Crippen LogP) is 4.29. The molecule has 0 N–H and O–H groups in total. The van der Waals surface area contributed by atoms with Gasteiger partial charge in [-0.25, -0.2) is 0 Å². The molecular weight excluding hydrogens is 156 g/mol. The Morgan fingerprint density at radius 3 is 2.69 bits per heavy atom. The molecule has 0 radical (unpaired) electrons. The highest BCUT2D eigenvalue weighted by Crippen LogP contribution is 2.21. The van der Waals surface area contributed by atoms with Gasteiger partial charge in [0.2, 0.25) is 0 Å². The summed E-state index contributed by atoms with van der Waals surface area (Å²) in [7, 11) is 0. The third-order valence-corrected chi connectivity index (χ3v) is 2.60. The van der Waals surface area contributed by atoms with Crippen molar-refractivity contribution in [2.45, 2.75) is 46.0 Å². The lowest BCUT2D eigenvalue weighted by Gasteiger charge is -2.11. The first-order valence-electron chi connectivity index (χ1n) is 5.30. The molecule has 72 valence electrons. The van der Waals surface area contributed by atoms with E-state index in [0.29, 0.717) is 0 Å². The maximum Gasteiger partial charge on any atom is -0.0190 e. The van der Waals surface area contributed by atoms with Gasteiger partial charge in [-0.3, -0.25) is 0 Å². The zero-order valence-corrected chi connectivity index (χ0v) is 9.01. The zero-order valence-electron chi connectivity index (χ0n) is 9.01. The molecule has 0 spiro atoms. The first-order chi connectivity index (χ1) is 6.24. The summed E-state index contributed by atoms with van der Waals surface area (Å²) in [5, 5.41) is 0. The molecule has 0 aliphatic rings. The van der Waals surface area contributed by atoms with Gasteiger partial charge in [-0.05, 0) is 24.8 Å². The normalized spacial score (nSPS) is 12.8. The van der Waals surface area contributed by atoms with Crippen molar-refractivity contribution >= 4 is 0 Å². The lowest BCUT2D eigenvalue weighted by atomic mass is 9.94. The van der Waals surface area contributed by atoms with Crippen molar-refractivity contribution in [1.29, 1.82) is 0 Å². The van der Waals surface area contributed by atoms with Crippen LogP contribution >= 0.6 is 0 Å². The van der Waals surface area contributed by atoms with Gasteiger partial charge in [-0.1, -0.05) is 56.5 Å². The van der Waals surface area contributed by atoms with Crippen LogP contribution in [0.2, 0.25) is 0 Å². The van der Waals surface area contributed by atoms with Gasteiger partial charge in [0, 0.05) is 0 Å². The fourth-order valence-electron chi connectivity index (χ4n) is 1.65. The molecule has 0 amide bonds. The molecule has 1 atom stereocenters. The molecule has 1 aromatic carbocycles. The van der Waals surface area contributed by atoms with E-state index in [4.69, 9.17) is 0 Å². The quantitative estimate of drug-likeness (QED) is 0.642. The SMILES string of the molecule is CCCC[C@H](C)c1cccc(C)c1. The van der Waals surface area contributed by atoms with Crippen LogP contribution in [0, 0.1) is 6.92 Å². The average Bonchev–Trinajstić information content (AvgIpc) is 2.14. The number of hydrogen-bond donors (Lipinski definition) is 0. The van der Waals surface area contributed by atoms with Crippen molar-refractivity contribution in [3.63, 3.8) is 0 Å². The highest BCUT2D eigenvalue weighted by molar-refractivity contribution is 5.24. The predicted molar refractivity (Wildman–Crippen MR) is 59.1 cm³/mol. The van der Waals surface area contributed by atoms with Crippen LogP contribution in [0.4, 0.5) is 0 Å². The van der Waals surface area contributed by atoms with Crippen LogP contribution in [0.1, 0.15) is 50.2 Å². The Balaban J connectivity index is 2.60. The summed E-state index contributed by atoms with van der Waals surface area (Å²) < 4.78 is 0. The number of rotatable bonds is 4. The van der Waals surface area contributed by atoms with Gasteiger partial charge in [0.15, 0.2) is 0 Å². The second-order valence-corrected chi connectivity index (χ2v) is 3.96. The molecule has 0 fully saturated rings. The third kappa shape index (κ3) is 3.22. The highest BCUT2D eigenvalue weighted by atomic mass is 14.1. The lowest BCUT2D eigenvalue weighted by molar-refractivity contribution is 0.624. The summed E-state index contributed by atoms with van der Waals surface area (Å²) >= 11 is 0. The number of hydrogen-bond acceptors (Lipinski definition) is 0. The first kappa shape index (κ1) is 10.3. The molecule has 0 aromatic heterocycles. The zero-order chi connectivity index (χ0) is 9.68. The Bertz CT molecular complexity index is 250. The fourth-order valence-corrected chi connectivity index (χ4v) is 1.65. The number of benzene rings is 1. The van der Waals surface area contributed by atoms with E-state index in [2.05, 4.69) is 45.0 Å². The van der Waals surface area contributed by atoms with Crippen LogP contribution in [-0.4, -0.2) is 0 Å². The van der Waals surface area contributed by atoms with Gasteiger partial charge >= 0.3 is 0 Å². The van der Waals surface area contributed by atoms with Gasteiger partial charge in [0.05, 0.1) is 0 Å². The van der Waals surface area contributed by atoms with Crippen LogP contribution in [0.15, 0.2) is 24.3 Å². The standard InChI is InChI=1S/C13H20/c1-4-5-8-12(3)13-9-6-7-11(2)10-13/h6-7,9-10,12H,4-5,8H2,1-3H3/t12-/m0/s1. The summed E-state index contributed by atoms with van der Waals surface area (Å²) in [5.74, 6) is 0.722. The van der Waals surface area contributed by atoms with E-state index in [1.807, 2.05) is 0 Å². The third-order valence-electron chi connectivity index (χ3n) is 2.60. The highest BCUT2D eigenvalue weighted by Gasteiger charge is 2.03. The van der Waals surface area contributed by atoms with E-state index in [1.54, 1.807) is 0 Å². The van der Waals surface area contributed by atoms with Gasteiger partial charge in [0.25, 0.3) is 0 Å². The van der Waals surface area contributed by atoms with Crippen LogP contribution in [0.25, 0.3) is 0 Å². The Labute approximate surface area is 82.0 Å². The minimum atomic E-state index is 0.722. The van der Waals surface area contributed by atoms with Gasteiger partial charge in [0.1, 0.15) is 0 Å². The molecule has 0 unspecified atom stereocenters.